The highest BCUT2D eigenvalue weighted by atomic mass is 79.9. The third-order valence-corrected chi connectivity index (χ3v) is 9.34. The molecule has 0 aliphatic heterocycles. The van der Waals surface area contributed by atoms with E-state index in [9.17, 15) is 0 Å². The molecule has 3 aliphatic carbocycles. The van der Waals surface area contributed by atoms with Crippen LogP contribution in [-0.4, -0.2) is 0 Å². The van der Waals surface area contributed by atoms with E-state index < -0.39 is 0 Å². The molecule has 0 radical (unpaired) electrons. The van der Waals surface area contributed by atoms with Gasteiger partial charge in [-0.3, -0.25) is 0 Å². The summed E-state index contributed by atoms with van der Waals surface area (Å²) in [5.74, 6) is 1.48. The van der Waals surface area contributed by atoms with E-state index in [1.807, 2.05) is 0 Å². The minimum Gasteiger partial charge on any atom is -0.310 e. The first-order valence-electron chi connectivity index (χ1n) is 13.1. The molecule has 0 unspecified atom stereocenters. The van der Waals surface area contributed by atoms with E-state index in [1.54, 1.807) is 11.1 Å². The van der Waals surface area contributed by atoms with Crippen LogP contribution in [0.2, 0.25) is 0 Å². The molecular formula is C34H27Br2N. The molecule has 0 saturated heterocycles. The van der Waals surface area contributed by atoms with Gasteiger partial charge in [0.25, 0.3) is 0 Å². The number of anilines is 3. The fraction of sp³-hybridized carbons (Fsp3) is 0.176. The van der Waals surface area contributed by atoms with Gasteiger partial charge in [-0.2, -0.15) is 0 Å². The molecule has 0 amide bonds. The third-order valence-electron chi connectivity index (χ3n) is 8.28. The molecule has 5 aromatic carbocycles. The van der Waals surface area contributed by atoms with Gasteiger partial charge in [0.05, 0.1) is 5.69 Å². The van der Waals surface area contributed by atoms with E-state index in [0.29, 0.717) is 0 Å². The Labute approximate surface area is 235 Å². The Hall–Kier alpha value is -2.88. The molecule has 0 heterocycles. The number of halogens is 2. The maximum atomic E-state index is 3.63. The van der Waals surface area contributed by atoms with Crippen LogP contribution in [0.4, 0.5) is 17.1 Å². The van der Waals surface area contributed by atoms with Gasteiger partial charge in [-0.25, -0.2) is 0 Å². The molecule has 1 fully saturated rings. The van der Waals surface area contributed by atoms with Crippen molar-refractivity contribution in [3.8, 4) is 11.1 Å². The molecule has 0 spiro atoms. The minimum atomic E-state index is 0.720. The Morgan fingerprint density at radius 3 is 1.68 bits per heavy atom. The van der Waals surface area contributed by atoms with Crippen LogP contribution >= 0.6 is 31.9 Å². The van der Waals surface area contributed by atoms with Crippen molar-refractivity contribution in [2.24, 2.45) is 0 Å². The molecule has 37 heavy (non-hydrogen) atoms. The lowest BCUT2D eigenvalue weighted by Gasteiger charge is -2.38. The summed E-state index contributed by atoms with van der Waals surface area (Å²) in [7, 11) is 0. The van der Waals surface area contributed by atoms with E-state index in [-0.39, 0.29) is 0 Å². The fourth-order valence-corrected chi connectivity index (χ4v) is 6.96. The molecule has 3 heteroatoms. The summed E-state index contributed by atoms with van der Waals surface area (Å²) in [5, 5.41) is 2.52. The fourth-order valence-electron chi connectivity index (χ4n) is 6.44. The first-order chi connectivity index (χ1) is 18.1. The first-order valence-corrected chi connectivity index (χ1v) is 14.7. The maximum Gasteiger partial charge on any atom is 0.0546 e. The molecule has 0 aromatic heterocycles. The Bertz CT molecular complexity index is 1550. The summed E-state index contributed by atoms with van der Waals surface area (Å²) in [4.78, 5) is 2.40. The van der Waals surface area contributed by atoms with Gasteiger partial charge in [0.1, 0.15) is 0 Å². The summed E-state index contributed by atoms with van der Waals surface area (Å²) in [6.45, 7) is 0. The highest BCUT2D eigenvalue weighted by molar-refractivity contribution is 9.10. The Balaban J connectivity index is 1.48. The van der Waals surface area contributed by atoms with Crippen molar-refractivity contribution in [3.05, 3.63) is 123 Å². The Morgan fingerprint density at radius 2 is 1.08 bits per heavy atom. The highest BCUT2D eigenvalue weighted by Gasteiger charge is 2.33. The van der Waals surface area contributed by atoms with Crippen molar-refractivity contribution in [1.82, 2.24) is 0 Å². The third kappa shape index (κ3) is 4.23. The predicted molar refractivity (Wildman–Crippen MR) is 163 cm³/mol. The molecule has 2 bridgehead atoms. The number of rotatable bonds is 4. The Morgan fingerprint density at radius 1 is 0.541 bits per heavy atom. The molecule has 0 atom stereocenters. The number of nitrogens with zero attached hydrogens (tertiary/aromatic N) is 1. The monoisotopic (exact) mass is 607 g/mol. The van der Waals surface area contributed by atoms with Crippen LogP contribution in [0.3, 0.4) is 0 Å². The maximum absolute atomic E-state index is 3.63. The van der Waals surface area contributed by atoms with Crippen LogP contribution in [0.5, 0.6) is 0 Å². The van der Waals surface area contributed by atoms with Crippen LogP contribution in [0, 0.1) is 0 Å². The zero-order valence-corrected chi connectivity index (χ0v) is 23.7. The van der Waals surface area contributed by atoms with Crippen LogP contribution in [0.15, 0.2) is 112 Å². The van der Waals surface area contributed by atoms with Gasteiger partial charge in [0, 0.05) is 25.9 Å². The van der Waals surface area contributed by atoms with Crippen molar-refractivity contribution >= 4 is 59.7 Å². The van der Waals surface area contributed by atoms with Crippen molar-refractivity contribution in [2.75, 3.05) is 4.90 Å². The second-order valence-electron chi connectivity index (χ2n) is 10.4. The van der Waals surface area contributed by atoms with Crippen LogP contribution in [0.1, 0.15) is 48.6 Å². The highest BCUT2D eigenvalue weighted by Crippen LogP contribution is 2.51. The summed E-state index contributed by atoms with van der Waals surface area (Å²) >= 11 is 7.25. The molecule has 182 valence electrons. The van der Waals surface area contributed by atoms with Gasteiger partial charge in [0.2, 0.25) is 0 Å². The van der Waals surface area contributed by atoms with Gasteiger partial charge in [0.15, 0.2) is 0 Å². The Kier molecular flexibility index (Phi) is 5.94. The van der Waals surface area contributed by atoms with E-state index in [4.69, 9.17) is 0 Å². The molecule has 3 aliphatic rings. The average molecular weight is 609 g/mol. The molecule has 1 nitrogen and oxygen atoms in total. The summed E-state index contributed by atoms with van der Waals surface area (Å²) in [6, 6.07) is 38.0. The number of hydrogen-bond acceptors (Lipinski definition) is 1. The van der Waals surface area contributed by atoms with Crippen LogP contribution in [0.25, 0.3) is 21.9 Å². The standard InChI is InChI=1S/C34H27Br2N/c35-27-10-14-29(15-11-27)37(30-16-12-28(36)13-17-30)34-21-25-4-2-1-3-24(25)19-33(34)26-9-18-31-22-5-7-23(8-6-22)32(31)20-26/h1-4,9-23H,5-8H2. The van der Waals surface area contributed by atoms with Crippen molar-refractivity contribution in [2.45, 2.75) is 37.5 Å². The summed E-state index contributed by atoms with van der Waals surface area (Å²) < 4.78 is 2.16. The number of benzene rings is 5. The lowest BCUT2D eigenvalue weighted by atomic mass is 9.66. The molecule has 5 aromatic rings. The van der Waals surface area contributed by atoms with Gasteiger partial charge >= 0.3 is 0 Å². The second kappa shape index (κ2) is 9.45. The van der Waals surface area contributed by atoms with Crippen molar-refractivity contribution < 1.29 is 0 Å². The zero-order valence-electron chi connectivity index (χ0n) is 20.5. The van der Waals surface area contributed by atoms with Gasteiger partial charge < -0.3 is 4.90 Å². The SMILES string of the molecule is Brc1ccc(N(c2ccc(Br)cc2)c2cc3ccccc3cc2-c2ccc3c(c2)C2CCC3CC2)cc1. The van der Waals surface area contributed by atoms with Crippen LogP contribution < -0.4 is 4.90 Å². The molecular weight excluding hydrogens is 582 g/mol. The lowest BCUT2D eigenvalue weighted by Crippen LogP contribution is -2.21. The molecule has 1 saturated carbocycles. The first kappa shape index (κ1) is 23.3. The smallest absolute Gasteiger partial charge is 0.0546 e. The minimum absolute atomic E-state index is 0.720. The number of hydrogen-bond donors (Lipinski definition) is 0. The second-order valence-corrected chi connectivity index (χ2v) is 12.2. The zero-order chi connectivity index (χ0) is 24.9. The van der Waals surface area contributed by atoms with E-state index in [1.165, 1.54) is 53.3 Å². The largest absolute Gasteiger partial charge is 0.310 e. The van der Waals surface area contributed by atoms with E-state index in [2.05, 4.69) is 140 Å². The van der Waals surface area contributed by atoms with Gasteiger partial charge in [-0.1, -0.05) is 74.3 Å². The quantitative estimate of drug-likeness (QED) is 0.196. The van der Waals surface area contributed by atoms with Crippen molar-refractivity contribution in [3.63, 3.8) is 0 Å². The van der Waals surface area contributed by atoms with Crippen molar-refractivity contribution in [1.29, 1.82) is 0 Å². The summed E-state index contributed by atoms with van der Waals surface area (Å²) in [5.41, 5.74) is 9.26. The lowest BCUT2D eigenvalue weighted by molar-refractivity contribution is 0.359. The normalized spacial score (nSPS) is 18.1. The average Bonchev–Trinajstić information content (AvgIpc) is 2.95. The van der Waals surface area contributed by atoms with E-state index in [0.717, 1.165) is 32.2 Å². The van der Waals surface area contributed by atoms with Gasteiger partial charge in [-0.15, -0.1) is 0 Å². The molecule has 8 rings (SSSR count). The van der Waals surface area contributed by atoms with E-state index >= 15 is 0 Å². The van der Waals surface area contributed by atoms with Crippen LogP contribution in [-0.2, 0) is 0 Å². The topological polar surface area (TPSA) is 3.24 Å². The predicted octanol–water partition coefficient (Wildman–Crippen LogP) is 11.3. The number of fused-ring (bicyclic) bond motifs is 3. The van der Waals surface area contributed by atoms with Gasteiger partial charge in [-0.05, 0) is 126 Å². The summed E-state index contributed by atoms with van der Waals surface area (Å²) in [6.07, 6.45) is 5.41. The molecule has 0 N–H and O–H groups in total.